The van der Waals surface area contributed by atoms with Crippen LogP contribution in [0.25, 0.3) is 0 Å². The van der Waals surface area contributed by atoms with Crippen LogP contribution in [-0.4, -0.2) is 47.9 Å². The molecule has 2 amide bonds. The first-order chi connectivity index (χ1) is 17.4. The SMILES string of the molecule is CC[C@@H](C)CN(CC(=O)N1CCc2sccc2[C@@H]1COc1ccc(F)cc1)C(=O)c1ccc(C)cc1. The van der Waals surface area contributed by atoms with E-state index in [1.54, 1.807) is 28.4 Å². The summed E-state index contributed by atoms with van der Waals surface area (Å²) in [6.07, 6.45) is 1.70. The third-order valence-electron chi connectivity index (χ3n) is 6.78. The first kappa shape index (κ1) is 25.9. The van der Waals surface area contributed by atoms with Crippen molar-refractivity contribution >= 4 is 23.2 Å². The van der Waals surface area contributed by atoms with Crippen LogP contribution >= 0.6 is 11.3 Å². The summed E-state index contributed by atoms with van der Waals surface area (Å²) in [5.41, 5.74) is 2.76. The molecule has 7 heteroatoms. The van der Waals surface area contributed by atoms with Gasteiger partial charge in [-0.15, -0.1) is 11.3 Å². The Balaban J connectivity index is 1.53. The summed E-state index contributed by atoms with van der Waals surface area (Å²) in [6, 6.07) is 15.2. The number of carbonyl (C=O) groups excluding carboxylic acids is 2. The summed E-state index contributed by atoms with van der Waals surface area (Å²) in [5.74, 6) is 0.282. The number of aryl methyl sites for hydroxylation is 1. The number of carbonyl (C=O) groups is 2. The molecule has 0 saturated carbocycles. The number of amides is 2. The Labute approximate surface area is 216 Å². The van der Waals surface area contributed by atoms with Gasteiger partial charge in [-0.3, -0.25) is 9.59 Å². The van der Waals surface area contributed by atoms with E-state index in [0.29, 0.717) is 24.4 Å². The smallest absolute Gasteiger partial charge is 0.254 e. The van der Waals surface area contributed by atoms with Gasteiger partial charge >= 0.3 is 0 Å². The van der Waals surface area contributed by atoms with E-state index in [2.05, 4.69) is 13.8 Å². The molecule has 0 unspecified atom stereocenters. The number of rotatable bonds is 9. The molecule has 0 fully saturated rings. The lowest BCUT2D eigenvalue weighted by atomic mass is 10.00. The maximum Gasteiger partial charge on any atom is 0.254 e. The Bertz CT molecular complexity index is 1180. The highest BCUT2D eigenvalue weighted by Crippen LogP contribution is 2.34. The van der Waals surface area contributed by atoms with Gasteiger partial charge in [0.1, 0.15) is 24.7 Å². The molecular weight excluding hydrogens is 475 g/mol. The fourth-order valence-corrected chi connectivity index (χ4v) is 5.37. The number of nitrogens with zero attached hydrogens (tertiary/aromatic N) is 2. The molecule has 0 radical (unpaired) electrons. The minimum Gasteiger partial charge on any atom is -0.491 e. The Morgan fingerprint density at radius 3 is 2.56 bits per heavy atom. The molecule has 0 N–H and O–H groups in total. The van der Waals surface area contributed by atoms with Crippen molar-refractivity contribution in [3.63, 3.8) is 0 Å². The number of fused-ring (bicyclic) bond motifs is 1. The van der Waals surface area contributed by atoms with Crippen LogP contribution in [0.15, 0.2) is 60.0 Å². The molecule has 36 heavy (non-hydrogen) atoms. The minimum atomic E-state index is -0.323. The Morgan fingerprint density at radius 1 is 1.14 bits per heavy atom. The average molecular weight is 509 g/mol. The molecule has 0 bridgehead atoms. The monoisotopic (exact) mass is 508 g/mol. The normalized spacial score (nSPS) is 15.8. The minimum absolute atomic E-state index is 0.0174. The van der Waals surface area contributed by atoms with Crippen LogP contribution in [0.1, 0.15) is 52.7 Å². The van der Waals surface area contributed by atoms with Crippen LogP contribution in [0.5, 0.6) is 5.75 Å². The quantitative estimate of drug-likeness (QED) is 0.362. The van der Waals surface area contributed by atoms with Crippen molar-refractivity contribution in [1.82, 2.24) is 9.80 Å². The third kappa shape index (κ3) is 6.13. The number of thiophene rings is 1. The Morgan fingerprint density at radius 2 is 1.86 bits per heavy atom. The molecule has 0 aliphatic carbocycles. The molecular formula is C29H33FN2O3S. The summed E-state index contributed by atoms with van der Waals surface area (Å²) in [7, 11) is 0. The average Bonchev–Trinajstić information content (AvgIpc) is 3.37. The highest BCUT2D eigenvalue weighted by molar-refractivity contribution is 7.10. The lowest BCUT2D eigenvalue weighted by Crippen LogP contribution is -2.48. The standard InChI is InChI=1S/C29H33FN2O3S/c1-4-20(2)17-31(29(34)22-7-5-21(3)6-8-22)18-28(33)32-15-13-27-25(14-16-36-27)26(32)19-35-24-11-9-23(30)10-12-24/h5-12,14,16,20,26H,4,13,15,17-19H2,1-3H3/t20-,26+/m1/s1. The van der Waals surface area contributed by atoms with Gasteiger partial charge in [0.25, 0.3) is 5.91 Å². The zero-order chi connectivity index (χ0) is 25.7. The van der Waals surface area contributed by atoms with Crippen molar-refractivity contribution in [2.75, 3.05) is 26.2 Å². The zero-order valence-electron chi connectivity index (χ0n) is 21.1. The second-order valence-electron chi connectivity index (χ2n) is 9.48. The predicted molar refractivity (Wildman–Crippen MR) is 141 cm³/mol. The molecule has 5 nitrogen and oxygen atoms in total. The lowest BCUT2D eigenvalue weighted by molar-refractivity contribution is -0.135. The van der Waals surface area contributed by atoms with Crippen molar-refractivity contribution < 1.29 is 18.7 Å². The predicted octanol–water partition coefficient (Wildman–Crippen LogP) is 5.89. The molecule has 190 valence electrons. The van der Waals surface area contributed by atoms with E-state index in [0.717, 1.165) is 24.0 Å². The van der Waals surface area contributed by atoms with Gasteiger partial charge in [0.15, 0.2) is 0 Å². The highest BCUT2D eigenvalue weighted by Gasteiger charge is 2.34. The first-order valence-corrected chi connectivity index (χ1v) is 13.3. The summed E-state index contributed by atoms with van der Waals surface area (Å²) in [4.78, 5) is 31.9. The second-order valence-corrected chi connectivity index (χ2v) is 10.5. The fraction of sp³-hybridized carbons (Fsp3) is 0.379. The van der Waals surface area contributed by atoms with Gasteiger partial charge in [-0.25, -0.2) is 4.39 Å². The van der Waals surface area contributed by atoms with Gasteiger partial charge < -0.3 is 14.5 Å². The van der Waals surface area contributed by atoms with Gasteiger partial charge in [0, 0.05) is 23.5 Å². The van der Waals surface area contributed by atoms with Crippen LogP contribution in [0.4, 0.5) is 4.39 Å². The van der Waals surface area contributed by atoms with E-state index in [1.807, 2.05) is 47.5 Å². The Kier molecular flexibility index (Phi) is 8.41. The van der Waals surface area contributed by atoms with Crippen LogP contribution in [0.2, 0.25) is 0 Å². The lowest BCUT2D eigenvalue weighted by Gasteiger charge is -2.37. The fourth-order valence-electron chi connectivity index (χ4n) is 4.44. The van der Waals surface area contributed by atoms with Gasteiger partial charge in [-0.05, 0) is 72.7 Å². The largest absolute Gasteiger partial charge is 0.491 e. The molecule has 1 aliphatic heterocycles. The van der Waals surface area contributed by atoms with E-state index in [9.17, 15) is 14.0 Å². The molecule has 2 aromatic carbocycles. The maximum atomic E-state index is 13.7. The van der Waals surface area contributed by atoms with Crippen molar-refractivity contribution in [3.05, 3.63) is 87.4 Å². The van der Waals surface area contributed by atoms with Crippen molar-refractivity contribution in [2.24, 2.45) is 5.92 Å². The molecule has 0 saturated heterocycles. The van der Waals surface area contributed by atoms with E-state index in [-0.39, 0.29) is 42.7 Å². The highest BCUT2D eigenvalue weighted by atomic mass is 32.1. The van der Waals surface area contributed by atoms with Gasteiger partial charge in [0.05, 0.1) is 6.04 Å². The van der Waals surface area contributed by atoms with Crippen molar-refractivity contribution in [2.45, 2.75) is 39.7 Å². The molecule has 3 aromatic rings. The number of halogens is 1. The van der Waals surface area contributed by atoms with Crippen molar-refractivity contribution in [3.8, 4) is 5.75 Å². The number of hydrogen-bond acceptors (Lipinski definition) is 4. The van der Waals surface area contributed by atoms with Gasteiger partial charge in [-0.1, -0.05) is 38.0 Å². The van der Waals surface area contributed by atoms with E-state index in [4.69, 9.17) is 4.74 Å². The van der Waals surface area contributed by atoms with Gasteiger partial charge in [-0.2, -0.15) is 0 Å². The van der Waals surface area contributed by atoms with Crippen LogP contribution < -0.4 is 4.74 Å². The summed E-state index contributed by atoms with van der Waals surface area (Å²) in [5, 5.41) is 2.04. The molecule has 4 rings (SSSR count). The number of hydrogen-bond donors (Lipinski definition) is 0. The molecule has 1 aliphatic rings. The van der Waals surface area contributed by atoms with Crippen LogP contribution in [-0.2, 0) is 11.2 Å². The van der Waals surface area contributed by atoms with E-state index < -0.39 is 0 Å². The topological polar surface area (TPSA) is 49.9 Å². The Hall–Kier alpha value is -3.19. The van der Waals surface area contributed by atoms with Crippen LogP contribution in [0, 0.1) is 18.7 Å². The third-order valence-corrected chi connectivity index (χ3v) is 7.77. The van der Waals surface area contributed by atoms with Gasteiger partial charge in [0.2, 0.25) is 5.91 Å². The van der Waals surface area contributed by atoms with E-state index in [1.165, 1.54) is 17.0 Å². The number of benzene rings is 2. The second kappa shape index (κ2) is 11.7. The molecule has 2 atom stereocenters. The zero-order valence-corrected chi connectivity index (χ0v) is 21.9. The maximum absolute atomic E-state index is 13.7. The first-order valence-electron chi connectivity index (χ1n) is 12.5. The molecule has 1 aromatic heterocycles. The number of ether oxygens (including phenoxy) is 1. The molecule has 2 heterocycles. The summed E-state index contributed by atoms with van der Waals surface area (Å²) >= 11 is 1.69. The van der Waals surface area contributed by atoms with Crippen molar-refractivity contribution in [1.29, 1.82) is 0 Å². The van der Waals surface area contributed by atoms with E-state index >= 15 is 0 Å². The summed E-state index contributed by atoms with van der Waals surface area (Å²) in [6.45, 7) is 7.53. The van der Waals surface area contributed by atoms with Crippen LogP contribution in [0.3, 0.4) is 0 Å². The summed E-state index contributed by atoms with van der Waals surface area (Å²) < 4.78 is 19.3. The molecule has 0 spiro atoms.